The number of pyridine rings is 1. The number of hydrogen-bond acceptors (Lipinski definition) is 4. The quantitative estimate of drug-likeness (QED) is 0.163. The van der Waals surface area contributed by atoms with Gasteiger partial charge in [-0.15, -0.1) is 0 Å². The molecule has 0 fully saturated rings. The van der Waals surface area contributed by atoms with Crippen molar-refractivity contribution < 1.29 is 4.79 Å². The Morgan fingerprint density at radius 1 is 0.714 bits per heavy atom. The smallest absolute Gasteiger partial charge is 0.289 e. The normalized spacial score (nSPS) is 12.3. The van der Waals surface area contributed by atoms with Crippen molar-refractivity contribution in [3.63, 3.8) is 0 Å². The molecule has 8 aromatic rings. The van der Waals surface area contributed by atoms with Crippen LogP contribution in [0.4, 0.5) is 0 Å². The lowest BCUT2D eigenvalue weighted by Gasteiger charge is -2.37. The highest BCUT2D eigenvalue weighted by atomic mass is 16.2. The Bertz CT molecular complexity index is 2290. The van der Waals surface area contributed by atoms with Crippen LogP contribution in [0, 0.1) is 6.92 Å². The Balaban J connectivity index is 1.37. The topological polar surface area (TPSA) is 88.5 Å². The first-order valence-electron chi connectivity index (χ1n) is 16.4. The number of H-pyrrole nitrogens is 1. The maximum absolute atomic E-state index is 13.5. The molecule has 0 saturated carbocycles. The van der Waals surface area contributed by atoms with Crippen LogP contribution in [0.25, 0.3) is 33.2 Å². The number of carbonyl (C=O) groups is 1. The fourth-order valence-electron chi connectivity index (χ4n) is 6.85. The molecule has 1 amide bonds. The van der Waals surface area contributed by atoms with Crippen molar-refractivity contribution >= 4 is 27.8 Å². The molecule has 7 nitrogen and oxygen atoms in total. The second-order valence-corrected chi connectivity index (χ2v) is 12.4. The number of fused-ring (bicyclic) bond motifs is 2. The van der Waals surface area contributed by atoms with Gasteiger partial charge in [0.1, 0.15) is 5.54 Å². The number of aromatic nitrogens is 5. The zero-order valence-corrected chi connectivity index (χ0v) is 27.2. The number of nitrogens with zero attached hydrogens (tertiary/aromatic N) is 4. The maximum Gasteiger partial charge on any atom is 0.289 e. The molecule has 0 aliphatic carbocycles. The molecule has 0 bridgehead atoms. The Morgan fingerprint density at radius 3 is 1.80 bits per heavy atom. The van der Waals surface area contributed by atoms with Gasteiger partial charge in [-0.1, -0.05) is 121 Å². The number of benzene rings is 5. The highest BCUT2D eigenvalue weighted by molar-refractivity contribution is 6.03. The van der Waals surface area contributed by atoms with Crippen molar-refractivity contribution in [1.29, 1.82) is 0 Å². The molecule has 0 saturated heterocycles. The Morgan fingerprint density at radius 2 is 1.24 bits per heavy atom. The molecule has 7 heteroatoms. The molecular weight excluding hydrogens is 605 g/mol. The summed E-state index contributed by atoms with van der Waals surface area (Å²) in [6.45, 7) is 4.01. The van der Waals surface area contributed by atoms with Gasteiger partial charge >= 0.3 is 0 Å². The van der Waals surface area contributed by atoms with Crippen molar-refractivity contribution in [2.24, 2.45) is 0 Å². The van der Waals surface area contributed by atoms with Gasteiger partial charge in [0.05, 0.1) is 28.3 Å². The molecule has 3 heterocycles. The number of imidazole rings is 1. The van der Waals surface area contributed by atoms with Crippen LogP contribution in [0.1, 0.15) is 51.4 Å². The van der Waals surface area contributed by atoms with Crippen molar-refractivity contribution in [3.05, 3.63) is 186 Å². The van der Waals surface area contributed by atoms with E-state index in [2.05, 4.69) is 92.9 Å². The zero-order valence-electron chi connectivity index (χ0n) is 27.2. The third kappa shape index (κ3) is 5.26. The van der Waals surface area contributed by atoms with E-state index in [1.54, 1.807) is 12.4 Å². The highest BCUT2D eigenvalue weighted by Gasteiger charge is 2.40. The summed E-state index contributed by atoms with van der Waals surface area (Å²) in [7, 11) is 0. The van der Waals surface area contributed by atoms with Crippen LogP contribution in [-0.2, 0) is 5.54 Å². The minimum absolute atomic E-state index is 0.142. The SMILES string of the molecule is Cc1ccc([C@@H](C)NC(=O)c2nc3cc4c(-c5ccncc5)[nH]n(C(c5ccccc5)(c5ccccc5)c5ccccc5)c4cc3n2)cc1. The molecule has 0 aliphatic heterocycles. The van der Waals surface area contributed by atoms with Crippen LogP contribution in [-0.4, -0.2) is 30.6 Å². The molecule has 2 N–H and O–H groups in total. The van der Waals surface area contributed by atoms with Crippen molar-refractivity contribution in [3.8, 4) is 11.3 Å². The predicted octanol–water partition coefficient (Wildman–Crippen LogP) is 8.61. The van der Waals surface area contributed by atoms with Crippen LogP contribution in [0.15, 0.2) is 152 Å². The molecule has 0 spiro atoms. The number of rotatable bonds is 8. The van der Waals surface area contributed by atoms with Gasteiger partial charge in [-0.2, -0.15) is 0 Å². The second-order valence-electron chi connectivity index (χ2n) is 12.4. The lowest BCUT2D eigenvalue weighted by Crippen LogP contribution is -2.38. The predicted molar refractivity (Wildman–Crippen MR) is 194 cm³/mol. The van der Waals surface area contributed by atoms with E-state index >= 15 is 0 Å². The number of hydrogen-bond donors (Lipinski definition) is 2. The average molecular weight is 639 g/mol. The minimum atomic E-state index is -0.801. The molecule has 238 valence electrons. The van der Waals surface area contributed by atoms with Crippen molar-refractivity contribution in [2.75, 3.05) is 0 Å². The van der Waals surface area contributed by atoms with Gasteiger partial charge in [0.15, 0.2) is 0 Å². The summed E-state index contributed by atoms with van der Waals surface area (Å²) in [6, 6.07) is 47.6. The summed E-state index contributed by atoms with van der Waals surface area (Å²) in [4.78, 5) is 27.3. The lowest BCUT2D eigenvalue weighted by atomic mass is 9.77. The molecule has 1 atom stereocenters. The van der Waals surface area contributed by atoms with Crippen molar-refractivity contribution in [2.45, 2.75) is 25.4 Å². The molecule has 3 aromatic heterocycles. The van der Waals surface area contributed by atoms with Crippen LogP contribution in [0.3, 0.4) is 0 Å². The molecule has 49 heavy (non-hydrogen) atoms. The molecular formula is C42H34N6O. The number of carbonyl (C=O) groups excluding carboxylic acids is 1. The number of nitrogens with one attached hydrogen (secondary N) is 2. The van der Waals surface area contributed by atoms with Gasteiger partial charge in [-0.25, -0.2) is 9.97 Å². The fourth-order valence-corrected chi connectivity index (χ4v) is 6.85. The Labute approximate surface area is 284 Å². The van der Waals surface area contributed by atoms with Crippen LogP contribution >= 0.6 is 0 Å². The second kappa shape index (κ2) is 12.4. The van der Waals surface area contributed by atoms with E-state index in [4.69, 9.17) is 9.97 Å². The van der Waals surface area contributed by atoms with Gasteiger partial charge in [-0.05, 0) is 60.4 Å². The zero-order chi connectivity index (χ0) is 33.4. The molecule has 5 aromatic carbocycles. The van der Waals surface area contributed by atoms with Gasteiger partial charge in [0.2, 0.25) is 5.82 Å². The van der Waals surface area contributed by atoms with Crippen LogP contribution in [0.2, 0.25) is 0 Å². The number of amides is 1. The summed E-state index contributed by atoms with van der Waals surface area (Å²) >= 11 is 0. The number of aromatic amines is 1. The first-order chi connectivity index (χ1) is 24.0. The average Bonchev–Trinajstić information content (AvgIpc) is 3.75. The minimum Gasteiger partial charge on any atom is -0.343 e. The van der Waals surface area contributed by atoms with Crippen molar-refractivity contribution in [1.82, 2.24) is 30.0 Å². The van der Waals surface area contributed by atoms with Crippen LogP contribution in [0.5, 0.6) is 0 Å². The lowest BCUT2D eigenvalue weighted by molar-refractivity contribution is 0.0930. The van der Waals surface area contributed by atoms with Gasteiger partial charge in [0.25, 0.3) is 5.91 Å². The third-order valence-corrected chi connectivity index (χ3v) is 9.29. The molecule has 0 radical (unpaired) electrons. The number of aryl methyl sites for hydroxylation is 1. The first-order valence-corrected chi connectivity index (χ1v) is 16.4. The summed E-state index contributed by atoms with van der Waals surface area (Å²) in [5.74, 6) is -0.173. The molecule has 0 unspecified atom stereocenters. The van der Waals surface area contributed by atoms with Gasteiger partial charge in [0, 0.05) is 23.3 Å². The van der Waals surface area contributed by atoms with E-state index < -0.39 is 5.54 Å². The van der Waals surface area contributed by atoms with Gasteiger partial charge in [-0.3, -0.25) is 19.6 Å². The Kier molecular flexibility index (Phi) is 7.57. The summed E-state index contributed by atoms with van der Waals surface area (Å²) in [5.41, 5.74) is 8.72. The standard InChI is InChI=1S/C42H34N6O/c1-28-18-20-30(21-19-28)29(2)44-41(49)40-45-36-26-35-38(27-37(36)46-40)48(47-39(35)31-22-24-43-25-23-31)42(32-12-6-3-7-13-32,33-14-8-4-9-15-33)34-16-10-5-11-17-34/h3-27,29,47H,1-2H3,(H,44,49)/t29-/m1/s1. The van der Waals surface area contributed by atoms with E-state index in [9.17, 15) is 4.79 Å². The van der Waals surface area contributed by atoms with Gasteiger partial charge < -0.3 is 5.32 Å². The van der Waals surface area contributed by atoms with E-state index in [-0.39, 0.29) is 17.8 Å². The first kappa shape index (κ1) is 30.0. The molecule has 8 rings (SSSR count). The summed E-state index contributed by atoms with van der Waals surface area (Å²) in [5, 5.41) is 7.88. The highest BCUT2D eigenvalue weighted by Crippen LogP contribution is 2.44. The molecule has 0 aliphatic rings. The fraction of sp³-hybridized carbons (Fsp3) is 0.0952. The largest absolute Gasteiger partial charge is 0.343 e. The summed E-state index contributed by atoms with van der Waals surface area (Å²) < 4.78 is 2.24. The monoisotopic (exact) mass is 638 g/mol. The van der Waals surface area contributed by atoms with Crippen LogP contribution < -0.4 is 5.32 Å². The van der Waals surface area contributed by atoms with E-state index in [1.165, 1.54) is 5.56 Å². The van der Waals surface area contributed by atoms with E-state index in [1.807, 2.05) is 80.6 Å². The summed E-state index contributed by atoms with van der Waals surface area (Å²) in [6.07, 6.45) is 3.59. The van der Waals surface area contributed by atoms with E-state index in [0.717, 1.165) is 44.4 Å². The van der Waals surface area contributed by atoms with E-state index in [0.29, 0.717) is 11.0 Å². The third-order valence-electron chi connectivity index (χ3n) is 9.29. The maximum atomic E-state index is 13.5. The Hall–Kier alpha value is -6.34.